The van der Waals surface area contributed by atoms with Gasteiger partial charge < -0.3 is 16.6 Å². The summed E-state index contributed by atoms with van der Waals surface area (Å²) in [5.74, 6) is -0.227. The Balaban J connectivity index is 2.31. The highest BCUT2D eigenvalue weighted by Gasteiger charge is 2.11. The fraction of sp³-hybridized carbons (Fsp3) is 0.667. The third-order valence-corrected chi connectivity index (χ3v) is 2.85. The molecule has 2 atom stereocenters. The van der Waals surface area contributed by atoms with E-state index in [1.54, 1.807) is 0 Å². The molecule has 0 saturated carbocycles. The molecule has 1 rings (SSSR count). The minimum absolute atomic E-state index is 0.245. The van der Waals surface area contributed by atoms with E-state index in [1.807, 2.05) is 12.2 Å². The number of hydrogen-bond donors (Lipinski definition) is 3. The van der Waals surface area contributed by atoms with Gasteiger partial charge in [-0.25, -0.2) is 0 Å². The number of aliphatic imine (C=N–C) groups is 1. The molecule has 0 aromatic rings. The van der Waals surface area contributed by atoms with E-state index in [0.29, 0.717) is 6.42 Å². The molecule has 0 fully saturated rings. The molecule has 0 unspecified atom stereocenters. The van der Waals surface area contributed by atoms with E-state index < -0.39 is 12.0 Å². The Kier molecular flexibility index (Phi) is 5.69. The SMILES string of the molecule is NC1=N[C@H](C/C=C\C[C@@H](N)C(=O)O)CCCC1. The molecule has 0 radical (unpaired) electrons. The van der Waals surface area contributed by atoms with Gasteiger partial charge in [0.05, 0.1) is 11.9 Å². The molecule has 0 aromatic carbocycles. The maximum atomic E-state index is 10.5. The van der Waals surface area contributed by atoms with Gasteiger partial charge in [0.1, 0.15) is 6.04 Å². The molecular weight excluding hydrogens is 218 g/mol. The zero-order chi connectivity index (χ0) is 12.7. The van der Waals surface area contributed by atoms with Crippen molar-refractivity contribution in [2.75, 3.05) is 0 Å². The van der Waals surface area contributed by atoms with Crippen LogP contribution in [0.25, 0.3) is 0 Å². The normalized spacial score (nSPS) is 23.1. The first kappa shape index (κ1) is 13.7. The van der Waals surface area contributed by atoms with Crippen molar-refractivity contribution in [1.29, 1.82) is 0 Å². The fourth-order valence-corrected chi connectivity index (χ4v) is 1.82. The second-order valence-corrected chi connectivity index (χ2v) is 4.41. The summed E-state index contributed by atoms with van der Waals surface area (Å²) < 4.78 is 0. The number of carbonyl (C=O) groups is 1. The smallest absolute Gasteiger partial charge is 0.320 e. The van der Waals surface area contributed by atoms with Gasteiger partial charge in [0.2, 0.25) is 0 Å². The van der Waals surface area contributed by atoms with Crippen LogP contribution in [0.4, 0.5) is 0 Å². The van der Waals surface area contributed by atoms with Crippen molar-refractivity contribution in [3.63, 3.8) is 0 Å². The molecule has 1 aliphatic rings. The number of carboxylic acids is 1. The molecule has 0 aliphatic carbocycles. The Labute approximate surface area is 102 Å². The van der Waals surface area contributed by atoms with Gasteiger partial charge >= 0.3 is 5.97 Å². The summed E-state index contributed by atoms with van der Waals surface area (Å²) >= 11 is 0. The lowest BCUT2D eigenvalue weighted by atomic mass is 10.1. The molecule has 0 amide bonds. The maximum Gasteiger partial charge on any atom is 0.320 e. The Hall–Kier alpha value is -1.36. The van der Waals surface area contributed by atoms with Crippen LogP contribution in [0.1, 0.15) is 38.5 Å². The van der Waals surface area contributed by atoms with Crippen LogP contribution in [-0.4, -0.2) is 29.0 Å². The molecule has 96 valence electrons. The highest BCUT2D eigenvalue weighted by atomic mass is 16.4. The van der Waals surface area contributed by atoms with Crippen molar-refractivity contribution in [1.82, 2.24) is 0 Å². The lowest BCUT2D eigenvalue weighted by molar-refractivity contribution is -0.138. The van der Waals surface area contributed by atoms with Gasteiger partial charge in [-0.1, -0.05) is 18.6 Å². The van der Waals surface area contributed by atoms with Crippen molar-refractivity contribution < 1.29 is 9.90 Å². The zero-order valence-corrected chi connectivity index (χ0v) is 10.0. The van der Waals surface area contributed by atoms with Gasteiger partial charge in [-0.2, -0.15) is 0 Å². The quantitative estimate of drug-likeness (QED) is 0.624. The summed E-state index contributed by atoms with van der Waals surface area (Å²) in [5.41, 5.74) is 11.1. The minimum Gasteiger partial charge on any atom is -0.480 e. The first-order valence-electron chi connectivity index (χ1n) is 6.05. The van der Waals surface area contributed by atoms with E-state index in [0.717, 1.165) is 37.9 Å². The van der Waals surface area contributed by atoms with Crippen LogP contribution in [0.15, 0.2) is 17.1 Å². The predicted molar refractivity (Wildman–Crippen MR) is 67.9 cm³/mol. The first-order valence-corrected chi connectivity index (χ1v) is 6.05. The molecule has 17 heavy (non-hydrogen) atoms. The fourth-order valence-electron chi connectivity index (χ4n) is 1.82. The summed E-state index contributed by atoms with van der Waals surface area (Å²) in [6.45, 7) is 0. The van der Waals surface area contributed by atoms with Crippen molar-refractivity contribution in [3.8, 4) is 0 Å². The average molecular weight is 239 g/mol. The zero-order valence-electron chi connectivity index (χ0n) is 10.0. The standard InChI is InChI=1S/C12H21N3O2/c13-10(12(16)17)7-3-1-5-9-6-2-4-8-11(14)15-9/h1,3,9-10H,2,4-8,13H2,(H2,14,15)(H,16,17)/b3-1-/t9-,10-/m1/s1. The summed E-state index contributed by atoms with van der Waals surface area (Å²) in [7, 11) is 0. The summed E-state index contributed by atoms with van der Waals surface area (Å²) in [6.07, 6.45) is 9.15. The molecule has 0 aromatic heterocycles. The minimum atomic E-state index is -0.966. The third-order valence-electron chi connectivity index (χ3n) is 2.85. The van der Waals surface area contributed by atoms with Crippen molar-refractivity contribution in [2.45, 2.75) is 50.6 Å². The molecule has 1 heterocycles. The van der Waals surface area contributed by atoms with Gasteiger partial charge in [-0.15, -0.1) is 0 Å². The molecule has 5 N–H and O–H groups in total. The maximum absolute atomic E-state index is 10.5. The van der Waals surface area contributed by atoms with Gasteiger partial charge in [0, 0.05) is 6.42 Å². The van der Waals surface area contributed by atoms with Gasteiger partial charge in [-0.3, -0.25) is 9.79 Å². The topological polar surface area (TPSA) is 102 Å². The highest BCUT2D eigenvalue weighted by Crippen LogP contribution is 2.15. The van der Waals surface area contributed by atoms with Crippen molar-refractivity contribution in [3.05, 3.63) is 12.2 Å². The van der Waals surface area contributed by atoms with E-state index in [-0.39, 0.29) is 6.04 Å². The second-order valence-electron chi connectivity index (χ2n) is 4.41. The Bertz CT molecular complexity index is 313. The summed E-state index contributed by atoms with van der Waals surface area (Å²) in [4.78, 5) is 14.9. The number of rotatable bonds is 5. The number of nitrogens with zero attached hydrogens (tertiary/aromatic N) is 1. The molecule has 1 aliphatic heterocycles. The van der Waals surface area contributed by atoms with Crippen LogP contribution >= 0.6 is 0 Å². The highest BCUT2D eigenvalue weighted by molar-refractivity contribution is 5.80. The van der Waals surface area contributed by atoms with Crippen LogP contribution in [0, 0.1) is 0 Å². The monoisotopic (exact) mass is 239 g/mol. The Morgan fingerprint density at radius 3 is 3.00 bits per heavy atom. The number of hydrogen-bond acceptors (Lipinski definition) is 4. The average Bonchev–Trinajstić information content (AvgIpc) is 2.48. The van der Waals surface area contributed by atoms with Gasteiger partial charge in [0.15, 0.2) is 0 Å². The molecular formula is C12H21N3O2. The Morgan fingerprint density at radius 1 is 1.53 bits per heavy atom. The second kappa shape index (κ2) is 7.06. The van der Waals surface area contributed by atoms with Gasteiger partial charge in [0.25, 0.3) is 0 Å². The van der Waals surface area contributed by atoms with E-state index in [1.165, 1.54) is 0 Å². The lowest BCUT2D eigenvalue weighted by Gasteiger charge is -2.07. The van der Waals surface area contributed by atoms with E-state index >= 15 is 0 Å². The molecule has 0 bridgehead atoms. The Morgan fingerprint density at radius 2 is 2.29 bits per heavy atom. The van der Waals surface area contributed by atoms with Crippen LogP contribution in [-0.2, 0) is 4.79 Å². The number of carboxylic acid groups (broad SMARTS) is 1. The summed E-state index contributed by atoms with van der Waals surface area (Å²) in [6, 6.07) is -0.566. The summed E-state index contributed by atoms with van der Waals surface area (Å²) in [5, 5.41) is 8.60. The van der Waals surface area contributed by atoms with Crippen LogP contribution in [0.3, 0.4) is 0 Å². The molecule has 5 nitrogen and oxygen atoms in total. The van der Waals surface area contributed by atoms with Crippen molar-refractivity contribution >= 4 is 11.8 Å². The molecule has 0 saturated heterocycles. The molecule has 0 spiro atoms. The van der Waals surface area contributed by atoms with E-state index in [2.05, 4.69) is 4.99 Å². The number of nitrogens with two attached hydrogens (primary N) is 2. The van der Waals surface area contributed by atoms with Crippen LogP contribution in [0.2, 0.25) is 0 Å². The van der Waals surface area contributed by atoms with E-state index in [9.17, 15) is 4.79 Å². The number of aliphatic carboxylic acids is 1. The first-order chi connectivity index (χ1) is 8.09. The van der Waals surface area contributed by atoms with E-state index in [4.69, 9.17) is 16.6 Å². The van der Waals surface area contributed by atoms with Crippen LogP contribution in [0.5, 0.6) is 0 Å². The third kappa shape index (κ3) is 5.49. The van der Waals surface area contributed by atoms with Crippen molar-refractivity contribution in [2.24, 2.45) is 16.5 Å². The predicted octanol–water partition coefficient (Wildman–Crippen LogP) is 1.03. The van der Waals surface area contributed by atoms with Crippen LogP contribution < -0.4 is 11.5 Å². The largest absolute Gasteiger partial charge is 0.480 e. The molecule has 5 heteroatoms. The van der Waals surface area contributed by atoms with Gasteiger partial charge in [-0.05, 0) is 25.7 Å². The number of amidine groups is 1. The lowest BCUT2D eigenvalue weighted by Crippen LogP contribution is -2.29.